The van der Waals surface area contributed by atoms with Crippen molar-refractivity contribution in [3.05, 3.63) is 16.4 Å². The van der Waals surface area contributed by atoms with Crippen LogP contribution in [0, 0.1) is 0 Å². The van der Waals surface area contributed by atoms with Crippen LogP contribution in [0.15, 0.2) is 10.7 Å². The summed E-state index contributed by atoms with van der Waals surface area (Å²) in [4.78, 5) is 12.5. The van der Waals surface area contributed by atoms with Gasteiger partial charge in [-0.15, -0.1) is 0 Å². The minimum absolute atomic E-state index is 0.0411. The molecule has 1 heterocycles. The van der Waals surface area contributed by atoms with Gasteiger partial charge in [-0.1, -0.05) is 13.8 Å². The zero-order valence-electron chi connectivity index (χ0n) is 10.8. The maximum atomic E-state index is 12.5. The highest BCUT2D eigenvalue weighted by molar-refractivity contribution is 9.10. The van der Waals surface area contributed by atoms with Gasteiger partial charge in [0.25, 0.3) is 0 Å². The highest BCUT2D eigenvalue weighted by Gasteiger charge is 2.34. The highest BCUT2D eigenvalue weighted by atomic mass is 79.9. The molecule has 5 heteroatoms. The maximum absolute atomic E-state index is 12.5. The van der Waals surface area contributed by atoms with E-state index >= 15 is 0 Å². The van der Waals surface area contributed by atoms with Crippen molar-refractivity contribution in [3.8, 4) is 0 Å². The standard InChI is InChI=1S/C12H20BrN3O/c1-5-12(14,6-2)11(17)10-9(13)7-15-16(10)8(3)4/h7-8H,5-6,14H2,1-4H3. The number of hydrogen-bond donors (Lipinski definition) is 1. The van der Waals surface area contributed by atoms with Crippen LogP contribution in [0.1, 0.15) is 57.1 Å². The SMILES string of the molecule is CCC(N)(CC)C(=O)c1c(Br)cnn1C(C)C. The first kappa shape index (κ1) is 14.4. The van der Waals surface area contributed by atoms with E-state index in [2.05, 4.69) is 21.0 Å². The Kier molecular flexibility index (Phi) is 4.49. The second-order valence-corrected chi connectivity index (χ2v) is 5.43. The topological polar surface area (TPSA) is 60.9 Å². The Hall–Kier alpha value is -0.680. The molecule has 0 saturated carbocycles. The molecule has 0 radical (unpaired) electrons. The van der Waals surface area contributed by atoms with E-state index < -0.39 is 5.54 Å². The van der Waals surface area contributed by atoms with Gasteiger partial charge in [-0.3, -0.25) is 9.48 Å². The predicted molar refractivity (Wildman–Crippen MR) is 72.1 cm³/mol. The number of halogens is 1. The summed E-state index contributed by atoms with van der Waals surface area (Å²) >= 11 is 3.38. The molecule has 0 bridgehead atoms. The molecule has 0 saturated heterocycles. The number of carbonyl (C=O) groups is 1. The first-order valence-electron chi connectivity index (χ1n) is 5.94. The van der Waals surface area contributed by atoms with Gasteiger partial charge in [-0.05, 0) is 42.6 Å². The number of nitrogens with two attached hydrogens (primary N) is 1. The molecular weight excluding hydrogens is 282 g/mol. The first-order chi connectivity index (χ1) is 7.87. The van der Waals surface area contributed by atoms with Crippen molar-refractivity contribution < 1.29 is 4.79 Å². The molecule has 1 aromatic heterocycles. The van der Waals surface area contributed by atoms with Gasteiger partial charge in [-0.25, -0.2) is 0 Å². The first-order valence-corrected chi connectivity index (χ1v) is 6.73. The summed E-state index contributed by atoms with van der Waals surface area (Å²) in [5.41, 5.74) is 5.94. The van der Waals surface area contributed by atoms with E-state index in [1.807, 2.05) is 27.7 Å². The maximum Gasteiger partial charge on any atom is 0.201 e. The third-order valence-electron chi connectivity index (χ3n) is 3.17. The number of ketones is 1. The van der Waals surface area contributed by atoms with Gasteiger partial charge in [0, 0.05) is 6.04 Å². The molecular formula is C12H20BrN3O. The summed E-state index contributed by atoms with van der Waals surface area (Å²) in [6.07, 6.45) is 2.90. The van der Waals surface area contributed by atoms with E-state index in [9.17, 15) is 4.79 Å². The molecule has 0 aliphatic heterocycles. The van der Waals surface area contributed by atoms with E-state index in [0.717, 1.165) is 0 Å². The zero-order chi connectivity index (χ0) is 13.2. The summed E-state index contributed by atoms with van der Waals surface area (Å²) in [7, 11) is 0. The van der Waals surface area contributed by atoms with Crippen molar-refractivity contribution in [3.63, 3.8) is 0 Å². The molecule has 0 aromatic carbocycles. The average Bonchev–Trinajstić information content (AvgIpc) is 2.69. The monoisotopic (exact) mass is 301 g/mol. The van der Waals surface area contributed by atoms with E-state index in [1.54, 1.807) is 10.9 Å². The van der Waals surface area contributed by atoms with Crippen molar-refractivity contribution in [1.82, 2.24) is 9.78 Å². The van der Waals surface area contributed by atoms with Crippen LogP contribution in [0.25, 0.3) is 0 Å². The lowest BCUT2D eigenvalue weighted by Gasteiger charge is -2.25. The van der Waals surface area contributed by atoms with Crippen molar-refractivity contribution in [2.75, 3.05) is 0 Å². The van der Waals surface area contributed by atoms with Crippen molar-refractivity contribution in [2.45, 2.75) is 52.1 Å². The van der Waals surface area contributed by atoms with Gasteiger partial charge in [0.05, 0.1) is 16.2 Å². The van der Waals surface area contributed by atoms with Crippen molar-refractivity contribution >= 4 is 21.7 Å². The fraction of sp³-hybridized carbons (Fsp3) is 0.667. The predicted octanol–water partition coefficient (Wildman–Crippen LogP) is 2.93. The van der Waals surface area contributed by atoms with Gasteiger partial charge in [0.15, 0.2) is 0 Å². The van der Waals surface area contributed by atoms with Crippen molar-refractivity contribution in [2.24, 2.45) is 5.73 Å². The number of Topliss-reactive ketones (excluding diaryl/α,β-unsaturated/α-hetero) is 1. The molecule has 0 atom stereocenters. The second-order valence-electron chi connectivity index (χ2n) is 4.57. The Bertz CT molecular complexity index is 408. The molecule has 0 aliphatic carbocycles. The Morgan fingerprint density at radius 3 is 2.47 bits per heavy atom. The second kappa shape index (κ2) is 5.31. The number of carbonyl (C=O) groups excluding carboxylic acids is 1. The van der Waals surface area contributed by atoms with Crippen LogP contribution in [0.2, 0.25) is 0 Å². The molecule has 4 nitrogen and oxygen atoms in total. The molecule has 0 fully saturated rings. The largest absolute Gasteiger partial charge is 0.319 e. The Morgan fingerprint density at radius 2 is 2.06 bits per heavy atom. The number of nitrogens with zero attached hydrogens (tertiary/aromatic N) is 2. The molecule has 17 heavy (non-hydrogen) atoms. The third-order valence-corrected chi connectivity index (χ3v) is 3.75. The summed E-state index contributed by atoms with van der Waals surface area (Å²) in [6, 6.07) is 0.137. The lowest BCUT2D eigenvalue weighted by molar-refractivity contribution is 0.0865. The highest BCUT2D eigenvalue weighted by Crippen LogP contribution is 2.26. The summed E-state index contributed by atoms with van der Waals surface area (Å²) in [5.74, 6) is -0.0411. The summed E-state index contributed by atoms with van der Waals surface area (Å²) < 4.78 is 2.44. The normalized spacial score (nSPS) is 12.2. The van der Waals surface area contributed by atoms with E-state index in [-0.39, 0.29) is 11.8 Å². The number of hydrogen-bond acceptors (Lipinski definition) is 3. The molecule has 0 aliphatic rings. The Labute approximate surface area is 111 Å². The minimum atomic E-state index is -0.796. The summed E-state index contributed by atoms with van der Waals surface area (Å²) in [5, 5.41) is 4.21. The molecule has 1 aromatic rings. The molecule has 0 amide bonds. The van der Waals surface area contributed by atoms with Crippen LogP contribution >= 0.6 is 15.9 Å². The number of aromatic nitrogens is 2. The molecule has 0 spiro atoms. The molecule has 0 unspecified atom stereocenters. The summed E-state index contributed by atoms with van der Waals surface area (Å²) in [6.45, 7) is 7.86. The fourth-order valence-corrected chi connectivity index (χ4v) is 2.21. The van der Waals surface area contributed by atoms with Crippen LogP contribution in [0.5, 0.6) is 0 Å². The van der Waals surface area contributed by atoms with Gasteiger partial charge < -0.3 is 5.73 Å². The van der Waals surface area contributed by atoms with Crippen LogP contribution in [-0.4, -0.2) is 21.1 Å². The van der Waals surface area contributed by atoms with Gasteiger partial charge in [0.1, 0.15) is 5.69 Å². The number of rotatable bonds is 5. The zero-order valence-corrected chi connectivity index (χ0v) is 12.4. The van der Waals surface area contributed by atoms with Crippen LogP contribution < -0.4 is 5.73 Å². The van der Waals surface area contributed by atoms with E-state index in [4.69, 9.17) is 5.73 Å². The lowest BCUT2D eigenvalue weighted by atomic mass is 9.87. The van der Waals surface area contributed by atoms with Gasteiger partial charge in [-0.2, -0.15) is 5.10 Å². The Morgan fingerprint density at radius 1 is 1.53 bits per heavy atom. The molecule has 2 N–H and O–H groups in total. The smallest absolute Gasteiger partial charge is 0.201 e. The minimum Gasteiger partial charge on any atom is -0.319 e. The van der Waals surface area contributed by atoms with Gasteiger partial charge >= 0.3 is 0 Å². The lowest BCUT2D eigenvalue weighted by Crippen LogP contribution is -2.47. The van der Waals surface area contributed by atoms with Crippen LogP contribution in [-0.2, 0) is 0 Å². The fourth-order valence-electron chi connectivity index (χ4n) is 1.75. The van der Waals surface area contributed by atoms with E-state index in [1.165, 1.54) is 0 Å². The van der Waals surface area contributed by atoms with E-state index in [0.29, 0.717) is 23.0 Å². The van der Waals surface area contributed by atoms with Crippen LogP contribution in [0.3, 0.4) is 0 Å². The third kappa shape index (κ3) is 2.60. The molecule has 96 valence electrons. The molecule has 1 rings (SSSR count). The average molecular weight is 302 g/mol. The Balaban J connectivity index is 3.24. The van der Waals surface area contributed by atoms with Crippen molar-refractivity contribution in [1.29, 1.82) is 0 Å². The van der Waals surface area contributed by atoms with Gasteiger partial charge in [0.2, 0.25) is 5.78 Å². The quantitative estimate of drug-likeness (QED) is 0.851. The van der Waals surface area contributed by atoms with Crippen LogP contribution in [0.4, 0.5) is 0 Å².